The summed E-state index contributed by atoms with van der Waals surface area (Å²) in [6.45, 7) is -1.77. The predicted octanol–water partition coefficient (Wildman–Crippen LogP) is 8.60. The highest BCUT2D eigenvalue weighted by atomic mass is 35.5. The second-order valence-electron chi connectivity index (χ2n) is 11.1. The van der Waals surface area contributed by atoms with Crippen LogP contribution in [-0.2, 0) is 20.5 Å². The topological polar surface area (TPSA) is 96.5 Å². The normalized spacial score (nSPS) is 19.2. The van der Waals surface area contributed by atoms with Gasteiger partial charge in [0.05, 0.1) is 27.8 Å². The molecule has 0 radical (unpaired) electrons. The number of anilines is 3. The number of benzene rings is 3. The van der Waals surface area contributed by atoms with Crippen molar-refractivity contribution in [3.05, 3.63) is 87.7 Å². The monoisotopic (exact) mass is 761 g/mol. The SMILES string of the molecule is O=C(Nc1ccc(F)c(NC(=O)C2(OCC(F)(F)F)CC2)c1F)c1cc(NC(=O)[C@H]2[C@H](c3ccc(F)c(C(F)(F)F)c3)C2(Cl)Cl)ccc1Cl. The quantitative estimate of drug-likeness (QED) is 0.150. The molecular weight excluding hydrogens is 744 g/mol. The molecule has 0 spiro atoms. The van der Waals surface area contributed by atoms with Gasteiger partial charge in [0.25, 0.3) is 11.8 Å². The number of alkyl halides is 8. The van der Waals surface area contributed by atoms with Crippen LogP contribution in [0.1, 0.15) is 40.2 Å². The molecule has 49 heavy (non-hydrogen) atoms. The minimum Gasteiger partial charge on any atom is -0.356 e. The first-order chi connectivity index (χ1) is 22.6. The molecule has 5 rings (SSSR count). The van der Waals surface area contributed by atoms with E-state index in [1.807, 2.05) is 5.32 Å². The minimum absolute atomic E-state index is 0.0921. The Morgan fingerprint density at radius 1 is 0.857 bits per heavy atom. The molecule has 19 heteroatoms. The smallest absolute Gasteiger partial charge is 0.356 e. The summed E-state index contributed by atoms with van der Waals surface area (Å²) in [6, 6.07) is 6.95. The first-order valence-corrected chi connectivity index (χ1v) is 14.9. The highest BCUT2D eigenvalue weighted by Crippen LogP contribution is 2.65. The maximum atomic E-state index is 15.3. The zero-order valence-electron chi connectivity index (χ0n) is 24.1. The molecular formula is C30H19Cl3F9N3O4. The van der Waals surface area contributed by atoms with E-state index in [-0.39, 0.29) is 34.7 Å². The van der Waals surface area contributed by atoms with Crippen LogP contribution in [0.2, 0.25) is 5.02 Å². The standard InChI is InChI=1S/C30H19Cl3F9N3O4/c31-16-3-2-13(43-25(47)21-20(29(21,32)33)12-1-4-17(34)15(9-12)30(40,41)42)10-14(16)24(46)44-19-6-5-18(35)23(22(19)36)45-26(48)27(7-8-27)49-11-28(37,38)39/h1-6,9-10,20-21H,7-8,11H2,(H,43,47)(H,44,46)(H,45,48)/t20-,21+/m0/s1. The Bertz CT molecular complexity index is 1850. The Labute approximate surface area is 285 Å². The second kappa shape index (κ2) is 12.9. The molecule has 2 saturated carbocycles. The van der Waals surface area contributed by atoms with Crippen molar-refractivity contribution in [1.82, 2.24) is 0 Å². The molecule has 262 valence electrons. The van der Waals surface area contributed by atoms with Crippen molar-refractivity contribution in [3.8, 4) is 0 Å². The molecule has 3 aromatic rings. The molecule has 7 nitrogen and oxygen atoms in total. The number of carbonyl (C=O) groups excluding carboxylic acids is 3. The number of ether oxygens (including phenoxy) is 1. The zero-order chi connectivity index (χ0) is 36.3. The van der Waals surface area contributed by atoms with Crippen molar-refractivity contribution in [2.24, 2.45) is 5.92 Å². The van der Waals surface area contributed by atoms with E-state index < -0.39 is 92.8 Å². The summed E-state index contributed by atoms with van der Waals surface area (Å²) in [5, 5.41) is 6.15. The molecule has 2 atom stereocenters. The average Bonchev–Trinajstić information content (AvgIpc) is 3.90. The van der Waals surface area contributed by atoms with Gasteiger partial charge in [-0.3, -0.25) is 14.4 Å². The molecule has 0 saturated heterocycles. The molecule has 0 unspecified atom stereocenters. The minimum atomic E-state index is -5.03. The van der Waals surface area contributed by atoms with Gasteiger partial charge in [-0.15, -0.1) is 23.2 Å². The molecule has 2 aliphatic rings. The molecule has 3 aromatic carbocycles. The Morgan fingerprint density at radius 2 is 1.51 bits per heavy atom. The Hall–Kier alpha value is -3.73. The van der Waals surface area contributed by atoms with Crippen LogP contribution in [0.15, 0.2) is 48.5 Å². The van der Waals surface area contributed by atoms with Crippen molar-refractivity contribution in [1.29, 1.82) is 0 Å². The van der Waals surface area contributed by atoms with Crippen molar-refractivity contribution < 1.29 is 58.6 Å². The van der Waals surface area contributed by atoms with Crippen LogP contribution < -0.4 is 16.0 Å². The third kappa shape index (κ3) is 7.71. The van der Waals surface area contributed by atoms with Gasteiger partial charge in [-0.2, -0.15) is 26.3 Å². The molecule has 3 N–H and O–H groups in total. The maximum absolute atomic E-state index is 15.3. The zero-order valence-corrected chi connectivity index (χ0v) is 26.3. The number of amides is 3. The van der Waals surface area contributed by atoms with Crippen molar-refractivity contribution in [2.45, 2.75) is 41.0 Å². The Balaban J connectivity index is 1.29. The van der Waals surface area contributed by atoms with Gasteiger partial charge in [0, 0.05) is 11.6 Å². The summed E-state index contributed by atoms with van der Waals surface area (Å²) in [7, 11) is 0. The highest BCUT2D eigenvalue weighted by Gasteiger charge is 2.67. The van der Waals surface area contributed by atoms with E-state index >= 15 is 4.39 Å². The van der Waals surface area contributed by atoms with Gasteiger partial charge < -0.3 is 20.7 Å². The van der Waals surface area contributed by atoms with Crippen LogP contribution in [0, 0.1) is 23.4 Å². The van der Waals surface area contributed by atoms with Gasteiger partial charge in [0.15, 0.2) is 5.82 Å². The summed E-state index contributed by atoms with van der Waals surface area (Å²) in [5.41, 5.74) is -5.90. The number of hydrogen-bond acceptors (Lipinski definition) is 4. The van der Waals surface area contributed by atoms with E-state index in [4.69, 9.17) is 34.8 Å². The van der Waals surface area contributed by atoms with E-state index in [2.05, 4.69) is 15.4 Å². The van der Waals surface area contributed by atoms with Gasteiger partial charge in [-0.1, -0.05) is 17.7 Å². The van der Waals surface area contributed by atoms with E-state index in [1.165, 1.54) is 6.07 Å². The first kappa shape index (κ1) is 36.5. The highest BCUT2D eigenvalue weighted by molar-refractivity contribution is 6.53. The number of hydrogen-bond donors (Lipinski definition) is 3. The second-order valence-corrected chi connectivity index (χ2v) is 13.0. The lowest BCUT2D eigenvalue weighted by Gasteiger charge is -2.19. The number of nitrogens with one attached hydrogen (secondary N) is 3. The third-order valence-corrected chi connectivity index (χ3v) is 8.95. The van der Waals surface area contributed by atoms with E-state index in [0.29, 0.717) is 18.2 Å². The van der Waals surface area contributed by atoms with Crippen LogP contribution in [0.4, 0.5) is 56.6 Å². The summed E-state index contributed by atoms with van der Waals surface area (Å²) < 4.78 is 124. The molecule has 0 aromatic heterocycles. The molecule has 2 aliphatic carbocycles. The third-order valence-electron chi connectivity index (χ3n) is 7.68. The summed E-state index contributed by atoms with van der Waals surface area (Å²) in [4.78, 5) is 38.7. The largest absolute Gasteiger partial charge is 0.419 e. The lowest BCUT2D eigenvalue weighted by molar-refractivity contribution is -0.190. The summed E-state index contributed by atoms with van der Waals surface area (Å²) in [6.07, 6.45) is -10.1. The van der Waals surface area contributed by atoms with Gasteiger partial charge in [-0.25, -0.2) is 13.2 Å². The Kier molecular flexibility index (Phi) is 9.60. The fraction of sp³-hybridized carbons (Fsp3) is 0.300. The molecule has 0 heterocycles. The van der Waals surface area contributed by atoms with Crippen LogP contribution in [-0.4, -0.2) is 40.4 Å². The van der Waals surface area contributed by atoms with Gasteiger partial charge >= 0.3 is 12.4 Å². The summed E-state index contributed by atoms with van der Waals surface area (Å²) in [5.74, 6) is -10.1. The van der Waals surface area contributed by atoms with E-state index in [1.54, 1.807) is 0 Å². The molecule has 2 fully saturated rings. The van der Waals surface area contributed by atoms with Gasteiger partial charge in [0.2, 0.25) is 5.91 Å². The maximum Gasteiger partial charge on any atom is 0.419 e. The van der Waals surface area contributed by atoms with Crippen LogP contribution >= 0.6 is 34.8 Å². The average molecular weight is 763 g/mol. The van der Waals surface area contributed by atoms with E-state index in [0.717, 1.165) is 24.3 Å². The number of rotatable bonds is 9. The van der Waals surface area contributed by atoms with Crippen molar-refractivity contribution in [2.75, 3.05) is 22.6 Å². The van der Waals surface area contributed by atoms with Crippen LogP contribution in [0.5, 0.6) is 0 Å². The first-order valence-electron chi connectivity index (χ1n) is 13.8. The molecule has 0 bridgehead atoms. The number of halogens is 12. The fourth-order valence-electron chi connectivity index (χ4n) is 4.97. The van der Waals surface area contributed by atoms with Crippen LogP contribution in [0.3, 0.4) is 0 Å². The Morgan fingerprint density at radius 3 is 2.12 bits per heavy atom. The fourth-order valence-corrected chi connectivity index (χ4v) is 6.00. The van der Waals surface area contributed by atoms with Crippen molar-refractivity contribution in [3.63, 3.8) is 0 Å². The lowest BCUT2D eigenvalue weighted by atomic mass is 10.0. The predicted molar refractivity (Wildman–Crippen MR) is 159 cm³/mol. The van der Waals surface area contributed by atoms with Gasteiger partial charge in [-0.05, 0) is 60.9 Å². The van der Waals surface area contributed by atoms with Crippen molar-refractivity contribution >= 4 is 69.6 Å². The summed E-state index contributed by atoms with van der Waals surface area (Å²) >= 11 is 18.5. The number of carbonyl (C=O) groups is 3. The van der Waals surface area contributed by atoms with Crippen LogP contribution in [0.25, 0.3) is 0 Å². The van der Waals surface area contributed by atoms with E-state index in [9.17, 15) is 49.5 Å². The molecule has 3 amide bonds. The molecule has 0 aliphatic heterocycles. The lowest BCUT2D eigenvalue weighted by Crippen LogP contribution is -2.36. The van der Waals surface area contributed by atoms with Gasteiger partial charge in [0.1, 0.15) is 33.9 Å².